The van der Waals surface area contributed by atoms with Gasteiger partial charge in [-0.15, -0.1) is 0 Å². The van der Waals surface area contributed by atoms with Crippen LogP contribution in [0.4, 0.5) is 10.7 Å². The molecule has 19 heavy (non-hydrogen) atoms. The lowest BCUT2D eigenvalue weighted by Gasteiger charge is -2.07. The van der Waals surface area contributed by atoms with Gasteiger partial charge in [0.25, 0.3) is 0 Å². The Hall–Kier alpha value is -1.91. The summed E-state index contributed by atoms with van der Waals surface area (Å²) in [5.74, 6) is -1.02. The number of rotatable bonds is 3. The highest BCUT2D eigenvalue weighted by molar-refractivity contribution is 9.10. The molecule has 1 aromatic carbocycles. The minimum atomic E-state index is -1.02. The largest absolute Gasteiger partial charge is 0.478 e. The summed E-state index contributed by atoms with van der Waals surface area (Å²) in [5.41, 5.74) is 1.85. The first-order chi connectivity index (χ1) is 9.02. The molecule has 0 bridgehead atoms. The van der Waals surface area contributed by atoms with Crippen molar-refractivity contribution >= 4 is 44.1 Å². The molecule has 0 saturated heterocycles. The third-order valence-electron chi connectivity index (χ3n) is 2.42. The van der Waals surface area contributed by atoms with E-state index in [-0.39, 0.29) is 5.56 Å². The molecule has 2 rings (SSSR count). The van der Waals surface area contributed by atoms with Crippen molar-refractivity contribution < 1.29 is 9.90 Å². The Kier molecular flexibility index (Phi) is 3.83. The van der Waals surface area contributed by atoms with Gasteiger partial charge < -0.3 is 10.4 Å². The third kappa shape index (κ3) is 2.75. The summed E-state index contributed by atoms with van der Waals surface area (Å²) in [4.78, 5) is 11.2. The van der Waals surface area contributed by atoms with Crippen LogP contribution >= 0.6 is 27.5 Å². The zero-order chi connectivity index (χ0) is 14.0. The lowest BCUT2D eigenvalue weighted by molar-refractivity contribution is 0.0697. The molecule has 2 aromatic rings. The van der Waals surface area contributed by atoms with Crippen LogP contribution in [-0.2, 0) is 0 Å². The highest BCUT2D eigenvalue weighted by atomic mass is 79.9. The molecule has 0 saturated carbocycles. The predicted octanol–water partition coefficient (Wildman–Crippen LogP) is 3.53. The lowest BCUT2D eigenvalue weighted by Crippen LogP contribution is -2.01. The zero-order valence-corrected chi connectivity index (χ0v) is 12.2. The molecule has 0 aliphatic heterocycles. The van der Waals surface area contributed by atoms with E-state index in [1.807, 2.05) is 6.07 Å². The second-order valence-corrected chi connectivity index (χ2v) is 5.34. The second kappa shape index (κ2) is 5.38. The number of aryl methyl sites for hydroxylation is 1. The van der Waals surface area contributed by atoms with Crippen molar-refractivity contribution in [2.24, 2.45) is 0 Å². The van der Waals surface area contributed by atoms with Crippen molar-refractivity contribution in [1.82, 2.24) is 4.37 Å². The number of benzene rings is 1. The summed E-state index contributed by atoms with van der Waals surface area (Å²) in [6, 6.07) is 7.06. The second-order valence-electron chi connectivity index (χ2n) is 3.71. The number of carboxylic acids is 1. The first kappa shape index (κ1) is 13.5. The summed E-state index contributed by atoms with van der Waals surface area (Å²) in [6.07, 6.45) is 0. The summed E-state index contributed by atoms with van der Waals surface area (Å²) < 4.78 is 4.72. The van der Waals surface area contributed by atoms with Gasteiger partial charge >= 0.3 is 5.97 Å². The summed E-state index contributed by atoms with van der Waals surface area (Å²) >= 11 is 4.43. The number of nitrogens with one attached hydrogen (secondary N) is 1. The van der Waals surface area contributed by atoms with E-state index in [0.29, 0.717) is 26.4 Å². The topological polar surface area (TPSA) is 86.0 Å². The minimum absolute atomic E-state index is 0.168. The zero-order valence-electron chi connectivity index (χ0n) is 9.77. The number of aromatic nitrogens is 1. The van der Waals surface area contributed by atoms with Crippen LogP contribution in [0.1, 0.15) is 21.6 Å². The van der Waals surface area contributed by atoms with Gasteiger partial charge in [0.1, 0.15) is 10.6 Å². The Morgan fingerprint density at radius 1 is 1.58 bits per heavy atom. The van der Waals surface area contributed by atoms with Crippen molar-refractivity contribution in [2.75, 3.05) is 5.32 Å². The number of nitrogens with zero attached hydrogens (tertiary/aromatic N) is 2. The third-order valence-corrected chi connectivity index (χ3v) is 3.93. The number of hydrogen-bond donors (Lipinski definition) is 2. The Labute approximate surface area is 121 Å². The highest BCUT2D eigenvalue weighted by Crippen LogP contribution is 2.32. The standard InChI is InChI=1S/C12H8BrN3O2S/c1-6-10(12(17)18)11(19-16-6)15-9-3-2-7(5-14)4-8(9)13/h2-4,15H,1H3,(H,17,18). The molecule has 0 unspecified atom stereocenters. The van der Waals surface area contributed by atoms with Crippen LogP contribution in [0.5, 0.6) is 0 Å². The van der Waals surface area contributed by atoms with Crippen LogP contribution in [-0.4, -0.2) is 15.4 Å². The molecule has 5 nitrogen and oxygen atoms in total. The number of aromatic carboxylic acids is 1. The molecule has 0 aliphatic carbocycles. The van der Waals surface area contributed by atoms with Crippen LogP contribution < -0.4 is 5.32 Å². The van der Waals surface area contributed by atoms with Gasteiger partial charge in [-0.1, -0.05) is 0 Å². The first-order valence-corrected chi connectivity index (χ1v) is 6.76. The van der Waals surface area contributed by atoms with Gasteiger partial charge in [0.2, 0.25) is 0 Å². The van der Waals surface area contributed by atoms with Gasteiger partial charge in [0.15, 0.2) is 0 Å². The van der Waals surface area contributed by atoms with E-state index in [2.05, 4.69) is 25.6 Å². The van der Waals surface area contributed by atoms with E-state index in [9.17, 15) is 4.79 Å². The highest BCUT2D eigenvalue weighted by Gasteiger charge is 2.18. The van der Waals surface area contributed by atoms with Crippen molar-refractivity contribution in [3.63, 3.8) is 0 Å². The molecule has 0 amide bonds. The van der Waals surface area contributed by atoms with Gasteiger partial charge in [-0.2, -0.15) is 9.64 Å². The van der Waals surface area contributed by atoms with Crippen molar-refractivity contribution in [2.45, 2.75) is 6.92 Å². The molecule has 2 N–H and O–H groups in total. The van der Waals surface area contributed by atoms with Crippen LogP contribution in [0.2, 0.25) is 0 Å². The van der Waals surface area contributed by atoms with E-state index in [1.54, 1.807) is 25.1 Å². The fourth-order valence-electron chi connectivity index (χ4n) is 1.52. The van der Waals surface area contributed by atoms with Gasteiger partial charge in [-0.25, -0.2) is 4.79 Å². The Morgan fingerprint density at radius 2 is 2.32 bits per heavy atom. The minimum Gasteiger partial charge on any atom is -0.478 e. The maximum Gasteiger partial charge on any atom is 0.340 e. The van der Waals surface area contributed by atoms with Crippen LogP contribution in [0.3, 0.4) is 0 Å². The molecule has 0 radical (unpaired) electrons. The molecule has 0 atom stereocenters. The number of halogens is 1. The molecule has 1 heterocycles. The summed E-state index contributed by atoms with van der Waals surface area (Å²) in [6.45, 7) is 1.65. The monoisotopic (exact) mass is 337 g/mol. The fraction of sp³-hybridized carbons (Fsp3) is 0.0833. The predicted molar refractivity (Wildman–Crippen MR) is 76.0 cm³/mol. The van der Waals surface area contributed by atoms with E-state index >= 15 is 0 Å². The van der Waals surface area contributed by atoms with E-state index in [1.165, 1.54) is 0 Å². The Morgan fingerprint density at radius 3 is 2.89 bits per heavy atom. The van der Waals surface area contributed by atoms with Crippen molar-refractivity contribution in [1.29, 1.82) is 5.26 Å². The average Bonchev–Trinajstić information content (AvgIpc) is 2.73. The smallest absolute Gasteiger partial charge is 0.340 e. The van der Waals surface area contributed by atoms with Crippen molar-refractivity contribution in [3.8, 4) is 6.07 Å². The molecule has 0 spiro atoms. The van der Waals surface area contributed by atoms with Crippen LogP contribution in [0.25, 0.3) is 0 Å². The average molecular weight is 338 g/mol. The molecule has 0 fully saturated rings. The number of nitriles is 1. The number of anilines is 2. The maximum absolute atomic E-state index is 11.2. The van der Waals surface area contributed by atoms with Gasteiger partial charge in [0.05, 0.1) is 23.0 Å². The number of carbonyl (C=O) groups is 1. The Bertz CT molecular complexity index is 691. The number of hydrogen-bond acceptors (Lipinski definition) is 5. The molecular formula is C12H8BrN3O2S. The first-order valence-electron chi connectivity index (χ1n) is 5.19. The Balaban J connectivity index is 2.37. The molecule has 96 valence electrons. The molecule has 7 heteroatoms. The van der Waals surface area contributed by atoms with E-state index in [0.717, 1.165) is 11.5 Å². The van der Waals surface area contributed by atoms with E-state index in [4.69, 9.17) is 10.4 Å². The normalized spacial score (nSPS) is 9.95. The van der Waals surface area contributed by atoms with Crippen LogP contribution in [0.15, 0.2) is 22.7 Å². The van der Waals surface area contributed by atoms with Gasteiger partial charge in [0, 0.05) is 4.47 Å². The van der Waals surface area contributed by atoms with Crippen LogP contribution in [0, 0.1) is 18.3 Å². The van der Waals surface area contributed by atoms with Crippen molar-refractivity contribution in [3.05, 3.63) is 39.5 Å². The SMILES string of the molecule is Cc1nsc(Nc2ccc(C#N)cc2Br)c1C(=O)O. The summed E-state index contributed by atoms with van der Waals surface area (Å²) in [7, 11) is 0. The fourth-order valence-corrected chi connectivity index (χ4v) is 2.79. The van der Waals surface area contributed by atoms with Gasteiger partial charge in [-0.05, 0) is 52.6 Å². The quantitative estimate of drug-likeness (QED) is 0.894. The molecule has 1 aromatic heterocycles. The number of carboxylic acid groups (broad SMARTS) is 1. The maximum atomic E-state index is 11.2. The summed E-state index contributed by atoms with van der Waals surface area (Å²) in [5, 5.41) is 21.4. The lowest BCUT2D eigenvalue weighted by atomic mass is 10.2. The molecule has 0 aliphatic rings. The van der Waals surface area contributed by atoms with Gasteiger partial charge in [-0.3, -0.25) is 0 Å². The molecular weight excluding hydrogens is 330 g/mol. The van der Waals surface area contributed by atoms with E-state index < -0.39 is 5.97 Å².